The molecule has 0 unspecified atom stereocenters. The maximum atomic E-state index is 11.4. The Labute approximate surface area is 126 Å². The van der Waals surface area contributed by atoms with E-state index >= 15 is 0 Å². The minimum absolute atomic E-state index is 0.130. The van der Waals surface area contributed by atoms with Crippen LogP contribution in [0.1, 0.15) is 40.7 Å². The number of imidazole rings is 1. The van der Waals surface area contributed by atoms with Crippen LogP contribution in [0, 0.1) is 6.92 Å². The molecule has 0 saturated heterocycles. The van der Waals surface area contributed by atoms with Crippen molar-refractivity contribution in [2.24, 2.45) is 0 Å². The van der Waals surface area contributed by atoms with Crippen LogP contribution >= 0.6 is 11.3 Å². The van der Waals surface area contributed by atoms with Crippen LogP contribution in [0.4, 0.5) is 0 Å². The smallest absolute Gasteiger partial charge is 0.347 e. The second-order valence-electron chi connectivity index (χ2n) is 5.42. The molecule has 0 spiro atoms. The highest BCUT2D eigenvalue weighted by Gasteiger charge is 2.22. The number of hydrogen-bond acceptors (Lipinski definition) is 3. The molecular formula is C16H16N2O2S. The minimum Gasteiger partial charge on any atom is -0.477 e. The molecule has 0 radical (unpaired) electrons. The predicted octanol–water partition coefficient (Wildman–Crippen LogP) is 4.19. The molecule has 21 heavy (non-hydrogen) atoms. The fraction of sp³-hybridized carbons (Fsp3) is 0.250. The van der Waals surface area contributed by atoms with Crippen molar-refractivity contribution in [2.75, 3.05) is 0 Å². The molecule has 0 aliphatic heterocycles. The molecule has 2 heterocycles. The molecule has 108 valence electrons. The number of aryl methyl sites for hydroxylation is 1. The Morgan fingerprint density at radius 1 is 1.29 bits per heavy atom. The zero-order chi connectivity index (χ0) is 15.1. The molecule has 0 bridgehead atoms. The Morgan fingerprint density at radius 2 is 1.95 bits per heavy atom. The summed E-state index contributed by atoms with van der Waals surface area (Å²) >= 11 is 1.23. The van der Waals surface area contributed by atoms with Gasteiger partial charge in [-0.05, 0) is 12.8 Å². The first-order valence-electron chi connectivity index (χ1n) is 6.79. The molecule has 0 saturated carbocycles. The third kappa shape index (κ3) is 2.34. The molecule has 2 aromatic heterocycles. The molecule has 0 fully saturated rings. The number of thiazole rings is 1. The standard InChI is InChI=1S/C16H16N2O2S/c1-9(2)13-14(15(19)20)21-16-17-12(8-18(13)16)11-6-4-10(3)5-7-11/h4-9H,1-3H3,(H,19,20). The van der Waals surface area contributed by atoms with Crippen LogP contribution in [0.15, 0.2) is 30.5 Å². The lowest BCUT2D eigenvalue weighted by molar-refractivity contribution is 0.0700. The van der Waals surface area contributed by atoms with Crippen molar-refractivity contribution in [2.45, 2.75) is 26.7 Å². The van der Waals surface area contributed by atoms with Gasteiger partial charge in [0.1, 0.15) is 4.88 Å². The van der Waals surface area contributed by atoms with Crippen LogP contribution in [-0.2, 0) is 0 Å². The van der Waals surface area contributed by atoms with Crippen molar-refractivity contribution in [1.82, 2.24) is 9.38 Å². The van der Waals surface area contributed by atoms with Gasteiger partial charge in [-0.25, -0.2) is 9.78 Å². The summed E-state index contributed by atoms with van der Waals surface area (Å²) in [6.45, 7) is 6.05. The lowest BCUT2D eigenvalue weighted by Gasteiger charge is -2.05. The summed E-state index contributed by atoms with van der Waals surface area (Å²) in [6, 6.07) is 8.17. The predicted molar refractivity (Wildman–Crippen MR) is 84.3 cm³/mol. The van der Waals surface area contributed by atoms with Crippen LogP contribution in [0.5, 0.6) is 0 Å². The van der Waals surface area contributed by atoms with Crippen LogP contribution in [0.3, 0.4) is 0 Å². The molecule has 0 amide bonds. The normalized spacial score (nSPS) is 11.4. The van der Waals surface area contributed by atoms with E-state index in [1.54, 1.807) is 0 Å². The Hall–Kier alpha value is -2.14. The van der Waals surface area contributed by atoms with Gasteiger partial charge in [0.05, 0.1) is 11.4 Å². The maximum Gasteiger partial charge on any atom is 0.347 e. The third-order valence-corrected chi connectivity index (χ3v) is 4.51. The first-order valence-corrected chi connectivity index (χ1v) is 7.61. The van der Waals surface area contributed by atoms with Crippen LogP contribution < -0.4 is 0 Å². The van der Waals surface area contributed by atoms with Crippen LogP contribution in [-0.4, -0.2) is 20.5 Å². The van der Waals surface area contributed by atoms with Gasteiger partial charge in [0.15, 0.2) is 4.96 Å². The Bertz CT molecular complexity index is 813. The summed E-state index contributed by atoms with van der Waals surface area (Å²) in [7, 11) is 0. The van der Waals surface area contributed by atoms with Crippen molar-refractivity contribution in [3.05, 3.63) is 46.6 Å². The Kier molecular flexibility index (Phi) is 3.29. The molecule has 0 aliphatic carbocycles. The number of carboxylic acids is 1. The van der Waals surface area contributed by atoms with Crippen molar-refractivity contribution >= 4 is 22.3 Å². The Balaban J connectivity index is 2.17. The van der Waals surface area contributed by atoms with Gasteiger partial charge in [0, 0.05) is 11.8 Å². The number of aromatic carboxylic acids is 1. The number of rotatable bonds is 3. The zero-order valence-electron chi connectivity index (χ0n) is 12.1. The highest BCUT2D eigenvalue weighted by molar-refractivity contribution is 7.19. The van der Waals surface area contributed by atoms with E-state index in [1.165, 1.54) is 16.9 Å². The summed E-state index contributed by atoms with van der Waals surface area (Å²) in [4.78, 5) is 17.0. The van der Waals surface area contributed by atoms with E-state index in [1.807, 2.05) is 43.5 Å². The van der Waals surface area contributed by atoms with Gasteiger partial charge in [0.25, 0.3) is 0 Å². The van der Waals surface area contributed by atoms with Crippen LogP contribution in [0.25, 0.3) is 16.2 Å². The summed E-state index contributed by atoms with van der Waals surface area (Å²) < 4.78 is 1.91. The van der Waals surface area contributed by atoms with Crippen molar-refractivity contribution in [1.29, 1.82) is 0 Å². The summed E-state index contributed by atoms with van der Waals surface area (Å²) in [5.41, 5.74) is 3.94. The van der Waals surface area contributed by atoms with Gasteiger partial charge < -0.3 is 5.11 Å². The largest absolute Gasteiger partial charge is 0.477 e. The number of carboxylic acid groups (broad SMARTS) is 1. The topological polar surface area (TPSA) is 54.6 Å². The number of hydrogen-bond donors (Lipinski definition) is 1. The zero-order valence-corrected chi connectivity index (χ0v) is 12.9. The molecule has 1 aromatic carbocycles. The van der Waals surface area contributed by atoms with E-state index in [0.717, 1.165) is 21.9 Å². The van der Waals surface area contributed by atoms with E-state index in [2.05, 4.69) is 17.1 Å². The Morgan fingerprint density at radius 3 is 2.52 bits per heavy atom. The van der Waals surface area contributed by atoms with E-state index in [4.69, 9.17) is 0 Å². The van der Waals surface area contributed by atoms with Gasteiger partial charge in [0.2, 0.25) is 0 Å². The van der Waals surface area contributed by atoms with Crippen molar-refractivity contribution in [3.63, 3.8) is 0 Å². The van der Waals surface area contributed by atoms with E-state index in [-0.39, 0.29) is 5.92 Å². The highest BCUT2D eigenvalue weighted by atomic mass is 32.1. The lowest BCUT2D eigenvalue weighted by atomic mass is 10.1. The first-order chi connectivity index (χ1) is 9.97. The van der Waals surface area contributed by atoms with Crippen LogP contribution in [0.2, 0.25) is 0 Å². The second-order valence-corrected chi connectivity index (χ2v) is 6.40. The van der Waals surface area contributed by atoms with E-state index < -0.39 is 5.97 Å². The third-order valence-electron chi connectivity index (χ3n) is 3.45. The SMILES string of the molecule is Cc1ccc(-c2cn3c(C(C)C)c(C(=O)O)sc3n2)cc1. The van der Waals surface area contributed by atoms with E-state index in [9.17, 15) is 9.90 Å². The van der Waals surface area contributed by atoms with E-state index in [0.29, 0.717) is 4.88 Å². The number of nitrogens with zero attached hydrogens (tertiary/aromatic N) is 2. The molecule has 1 N–H and O–H groups in total. The van der Waals surface area contributed by atoms with Gasteiger partial charge >= 0.3 is 5.97 Å². The monoisotopic (exact) mass is 300 g/mol. The fourth-order valence-corrected chi connectivity index (χ4v) is 3.52. The summed E-state index contributed by atoms with van der Waals surface area (Å²) in [5.74, 6) is -0.754. The summed E-state index contributed by atoms with van der Waals surface area (Å²) in [5, 5.41) is 9.32. The molecule has 3 aromatic rings. The maximum absolute atomic E-state index is 11.4. The van der Waals surface area contributed by atoms with Gasteiger partial charge in [-0.1, -0.05) is 55.0 Å². The average Bonchev–Trinajstić information content (AvgIpc) is 2.95. The number of aromatic nitrogens is 2. The summed E-state index contributed by atoms with van der Waals surface area (Å²) in [6.07, 6.45) is 1.93. The quantitative estimate of drug-likeness (QED) is 0.789. The second kappa shape index (κ2) is 5.00. The number of fused-ring (bicyclic) bond motifs is 1. The minimum atomic E-state index is -0.883. The molecule has 4 nitrogen and oxygen atoms in total. The number of carbonyl (C=O) groups is 1. The van der Waals surface area contributed by atoms with Gasteiger partial charge in [-0.3, -0.25) is 4.40 Å². The molecule has 5 heteroatoms. The fourth-order valence-electron chi connectivity index (χ4n) is 2.42. The van der Waals surface area contributed by atoms with Crippen molar-refractivity contribution < 1.29 is 9.90 Å². The molecule has 0 atom stereocenters. The highest BCUT2D eigenvalue weighted by Crippen LogP contribution is 2.31. The van der Waals surface area contributed by atoms with Gasteiger partial charge in [-0.15, -0.1) is 0 Å². The molecule has 3 rings (SSSR count). The van der Waals surface area contributed by atoms with Gasteiger partial charge in [-0.2, -0.15) is 0 Å². The number of benzene rings is 1. The average molecular weight is 300 g/mol. The first kappa shape index (κ1) is 13.8. The molecule has 0 aliphatic rings. The molecular weight excluding hydrogens is 284 g/mol. The lowest BCUT2D eigenvalue weighted by Crippen LogP contribution is -2.02. The van der Waals surface area contributed by atoms with Crippen molar-refractivity contribution in [3.8, 4) is 11.3 Å².